The maximum Gasteiger partial charge on any atom is 0.191 e. The maximum absolute atomic E-state index is 4.31. The Labute approximate surface area is 147 Å². The van der Waals surface area contributed by atoms with Crippen LogP contribution in [0.2, 0.25) is 0 Å². The third-order valence-corrected chi connectivity index (χ3v) is 4.87. The zero-order chi connectivity index (χ0) is 17.2. The number of unbranched alkanes of at least 4 members (excludes halogenated alkanes) is 1. The summed E-state index contributed by atoms with van der Waals surface area (Å²) >= 11 is 0. The fourth-order valence-corrected chi connectivity index (χ4v) is 3.36. The van der Waals surface area contributed by atoms with E-state index in [4.69, 9.17) is 0 Å². The van der Waals surface area contributed by atoms with Gasteiger partial charge >= 0.3 is 0 Å². The molecule has 0 aromatic heterocycles. The van der Waals surface area contributed by atoms with Gasteiger partial charge in [0.05, 0.1) is 0 Å². The van der Waals surface area contributed by atoms with E-state index >= 15 is 0 Å². The first kappa shape index (κ1) is 18.8. The van der Waals surface area contributed by atoms with Crippen LogP contribution in [-0.4, -0.2) is 44.1 Å². The second kappa shape index (κ2) is 10.3. The number of nitrogens with zero attached hydrogens (tertiary/aromatic N) is 2. The van der Waals surface area contributed by atoms with Crippen LogP contribution in [0.4, 0.5) is 0 Å². The number of benzene rings is 1. The standard InChI is InChI=1S/C20H34N4/c1-17-9-8-14-24(16-17)13-7-6-12-22-20(21-3)23-15-19-11-5-4-10-18(19)2/h4-5,10-11,17H,6-9,12-16H2,1-3H3,(H2,21,22,23). The zero-order valence-corrected chi connectivity index (χ0v) is 15.6. The van der Waals surface area contributed by atoms with Crippen molar-refractivity contribution in [1.29, 1.82) is 0 Å². The Morgan fingerprint density at radius 2 is 2.08 bits per heavy atom. The van der Waals surface area contributed by atoms with E-state index < -0.39 is 0 Å². The Hall–Kier alpha value is -1.55. The molecule has 0 aliphatic carbocycles. The lowest BCUT2D eigenvalue weighted by atomic mass is 10.0. The minimum Gasteiger partial charge on any atom is -0.356 e. The number of piperidine rings is 1. The van der Waals surface area contributed by atoms with Crippen LogP contribution in [0.3, 0.4) is 0 Å². The third-order valence-electron chi connectivity index (χ3n) is 4.87. The highest BCUT2D eigenvalue weighted by Gasteiger charge is 2.15. The molecule has 134 valence electrons. The molecule has 4 nitrogen and oxygen atoms in total. The molecular formula is C20H34N4. The molecule has 1 aliphatic heterocycles. The lowest BCUT2D eigenvalue weighted by molar-refractivity contribution is 0.181. The molecule has 1 aromatic carbocycles. The highest BCUT2D eigenvalue weighted by Crippen LogP contribution is 2.15. The molecule has 0 amide bonds. The minimum absolute atomic E-state index is 0.817. The van der Waals surface area contributed by atoms with Crippen molar-refractivity contribution in [3.8, 4) is 0 Å². The van der Waals surface area contributed by atoms with Gasteiger partial charge in [0.1, 0.15) is 0 Å². The summed E-state index contributed by atoms with van der Waals surface area (Å²) in [6.45, 7) is 10.1. The van der Waals surface area contributed by atoms with Crippen LogP contribution < -0.4 is 10.6 Å². The Balaban J connectivity index is 1.59. The average molecular weight is 331 g/mol. The summed E-state index contributed by atoms with van der Waals surface area (Å²) in [6, 6.07) is 8.47. The summed E-state index contributed by atoms with van der Waals surface area (Å²) in [6.07, 6.45) is 5.22. The van der Waals surface area contributed by atoms with Crippen molar-refractivity contribution in [2.24, 2.45) is 10.9 Å². The molecule has 1 heterocycles. The number of likely N-dealkylation sites (tertiary alicyclic amines) is 1. The lowest BCUT2D eigenvalue weighted by Crippen LogP contribution is -2.38. The molecule has 1 aliphatic rings. The topological polar surface area (TPSA) is 39.7 Å². The van der Waals surface area contributed by atoms with E-state index in [1.54, 1.807) is 0 Å². The van der Waals surface area contributed by atoms with Gasteiger partial charge in [-0.25, -0.2) is 0 Å². The van der Waals surface area contributed by atoms with Gasteiger partial charge < -0.3 is 15.5 Å². The lowest BCUT2D eigenvalue weighted by Gasteiger charge is -2.30. The monoisotopic (exact) mass is 330 g/mol. The molecule has 1 fully saturated rings. The van der Waals surface area contributed by atoms with Crippen molar-refractivity contribution in [2.45, 2.75) is 46.1 Å². The van der Waals surface area contributed by atoms with E-state index in [1.165, 1.54) is 56.4 Å². The molecule has 4 heteroatoms. The molecule has 1 aromatic rings. The first-order valence-electron chi connectivity index (χ1n) is 9.40. The van der Waals surface area contributed by atoms with E-state index in [2.05, 4.69) is 58.6 Å². The highest BCUT2D eigenvalue weighted by molar-refractivity contribution is 5.79. The number of hydrogen-bond acceptors (Lipinski definition) is 2. The largest absolute Gasteiger partial charge is 0.356 e. The predicted molar refractivity (Wildman–Crippen MR) is 103 cm³/mol. The fourth-order valence-electron chi connectivity index (χ4n) is 3.36. The quantitative estimate of drug-likeness (QED) is 0.458. The molecule has 1 saturated heterocycles. The summed E-state index contributed by atoms with van der Waals surface area (Å²) in [7, 11) is 1.84. The summed E-state index contributed by atoms with van der Waals surface area (Å²) in [5, 5.41) is 6.83. The molecule has 2 rings (SSSR count). The van der Waals surface area contributed by atoms with Crippen LogP contribution in [0.1, 0.15) is 43.7 Å². The van der Waals surface area contributed by atoms with Crippen LogP contribution in [0, 0.1) is 12.8 Å². The van der Waals surface area contributed by atoms with Crippen LogP contribution in [0.15, 0.2) is 29.3 Å². The fraction of sp³-hybridized carbons (Fsp3) is 0.650. The number of aliphatic imine (C=N–C) groups is 1. The van der Waals surface area contributed by atoms with E-state index in [0.717, 1.165) is 25.0 Å². The summed E-state index contributed by atoms with van der Waals surface area (Å²) in [5.74, 6) is 1.77. The highest BCUT2D eigenvalue weighted by atomic mass is 15.2. The van der Waals surface area contributed by atoms with Gasteiger partial charge in [-0.05, 0) is 62.7 Å². The molecular weight excluding hydrogens is 296 g/mol. The Morgan fingerprint density at radius 1 is 1.25 bits per heavy atom. The van der Waals surface area contributed by atoms with E-state index in [9.17, 15) is 0 Å². The van der Waals surface area contributed by atoms with Crippen LogP contribution in [-0.2, 0) is 6.54 Å². The van der Waals surface area contributed by atoms with Crippen molar-refractivity contribution in [3.63, 3.8) is 0 Å². The molecule has 0 radical (unpaired) electrons. The van der Waals surface area contributed by atoms with Gasteiger partial charge in [-0.1, -0.05) is 31.2 Å². The second-order valence-electron chi connectivity index (χ2n) is 7.03. The van der Waals surface area contributed by atoms with Crippen LogP contribution in [0.5, 0.6) is 0 Å². The van der Waals surface area contributed by atoms with Crippen LogP contribution in [0.25, 0.3) is 0 Å². The molecule has 0 saturated carbocycles. The number of guanidine groups is 1. The minimum atomic E-state index is 0.817. The number of nitrogens with one attached hydrogen (secondary N) is 2. The molecule has 24 heavy (non-hydrogen) atoms. The van der Waals surface area contributed by atoms with E-state index in [1.807, 2.05) is 7.05 Å². The van der Waals surface area contributed by atoms with Gasteiger partial charge in [0.2, 0.25) is 0 Å². The van der Waals surface area contributed by atoms with Crippen LogP contribution >= 0.6 is 0 Å². The van der Waals surface area contributed by atoms with Gasteiger partial charge in [-0.2, -0.15) is 0 Å². The summed E-state index contributed by atoms with van der Waals surface area (Å²) < 4.78 is 0. The number of aryl methyl sites for hydroxylation is 1. The second-order valence-corrected chi connectivity index (χ2v) is 7.03. The molecule has 2 N–H and O–H groups in total. The van der Waals surface area contributed by atoms with Crippen molar-refractivity contribution >= 4 is 5.96 Å². The van der Waals surface area contributed by atoms with E-state index in [-0.39, 0.29) is 0 Å². The predicted octanol–water partition coefficient (Wildman–Crippen LogP) is 3.17. The Kier molecular flexibility index (Phi) is 8.10. The molecule has 1 atom stereocenters. The van der Waals surface area contributed by atoms with E-state index in [0.29, 0.717) is 0 Å². The van der Waals surface area contributed by atoms with Gasteiger partial charge in [-0.15, -0.1) is 0 Å². The zero-order valence-electron chi connectivity index (χ0n) is 15.6. The SMILES string of the molecule is CN=C(NCCCCN1CCCC(C)C1)NCc1ccccc1C. The number of hydrogen-bond donors (Lipinski definition) is 2. The van der Waals surface area contributed by atoms with Gasteiger partial charge in [0.15, 0.2) is 5.96 Å². The normalized spacial score (nSPS) is 19.3. The molecule has 0 spiro atoms. The Morgan fingerprint density at radius 3 is 2.83 bits per heavy atom. The van der Waals surface area contributed by atoms with Crippen molar-refractivity contribution in [3.05, 3.63) is 35.4 Å². The first-order chi connectivity index (χ1) is 11.7. The van der Waals surface area contributed by atoms with Gasteiger partial charge in [-0.3, -0.25) is 4.99 Å². The van der Waals surface area contributed by atoms with Gasteiger partial charge in [0.25, 0.3) is 0 Å². The molecule has 0 bridgehead atoms. The smallest absolute Gasteiger partial charge is 0.191 e. The summed E-state index contributed by atoms with van der Waals surface area (Å²) in [4.78, 5) is 6.94. The first-order valence-corrected chi connectivity index (χ1v) is 9.40. The van der Waals surface area contributed by atoms with Gasteiger partial charge in [0, 0.05) is 26.7 Å². The summed E-state index contributed by atoms with van der Waals surface area (Å²) in [5.41, 5.74) is 2.64. The molecule has 1 unspecified atom stereocenters. The van der Waals surface area contributed by atoms with Crippen molar-refractivity contribution < 1.29 is 0 Å². The maximum atomic E-state index is 4.31. The van der Waals surface area contributed by atoms with Crippen molar-refractivity contribution in [2.75, 3.05) is 33.2 Å². The number of rotatable bonds is 7. The average Bonchev–Trinajstić information content (AvgIpc) is 2.58. The third kappa shape index (κ3) is 6.52. The van der Waals surface area contributed by atoms with Crippen molar-refractivity contribution in [1.82, 2.24) is 15.5 Å². The Bertz CT molecular complexity index is 512.